The first-order chi connectivity index (χ1) is 11.1. The minimum atomic E-state index is -6.72. The zero-order chi connectivity index (χ0) is 20.1. The molecule has 0 aromatic carbocycles. The van der Waals surface area contributed by atoms with Crippen molar-refractivity contribution in [2.24, 2.45) is 0 Å². The van der Waals surface area contributed by atoms with Crippen molar-refractivity contribution in [2.75, 3.05) is 0 Å². The molecule has 7 nitrogen and oxygen atoms in total. The van der Waals surface area contributed by atoms with Crippen LogP contribution in [0.15, 0.2) is 25.3 Å². The maximum atomic E-state index is 11.4. The molecule has 0 N–H and O–H groups in total. The lowest BCUT2D eigenvalue weighted by molar-refractivity contribution is -0.696. The molecule has 15 heteroatoms. The van der Waals surface area contributed by atoms with Crippen molar-refractivity contribution in [3.8, 4) is 0 Å². The highest BCUT2D eigenvalue weighted by atomic mass is 32.3. The molecule has 25 heavy (non-hydrogen) atoms. The molecule has 0 bridgehead atoms. The monoisotopic (exact) mass is 417 g/mol. The minimum absolute atomic E-state index is 0.778. The van der Waals surface area contributed by atoms with Crippen molar-refractivity contribution in [3.05, 3.63) is 29.4 Å². The van der Waals surface area contributed by atoms with E-state index in [4.69, 9.17) is 0 Å². The van der Waals surface area contributed by atoms with E-state index in [0.717, 1.165) is 10.7 Å². The summed E-state index contributed by atoms with van der Waals surface area (Å²) in [4.78, 5) is 0. The predicted octanol–water partition coefficient (Wildman–Crippen LogP) is 2.35. The number of hydrogen-bond acceptors (Lipinski definition) is 4. The summed E-state index contributed by atoms with van der Waals surface area (Å²) in [6.45, 7) is 6.90. The number of rotatable bonds is 5. The normalized spacial score (nSPS) is 13.1. The van der Waals surface area contributed by atoms with Crippen LogP contribution in [-0.4, -0.2) is 32.4 Å². The number of imidazole rings is 1. The first-order valence-electron chi connectivity index (χ1n) is 6.13. The van der Waals surface area contributed by atoms with E-state index in [2.05, 4.69) is 18.1 Å². The number of sulfonamides is 2. The summed E-state index contributed by atoms with van der Waals surface area (Å²) in [5.74, 6) is 0. The Morgan fingerprint density at radius 2 is 1.52 bits per heavy atom. The smallest absolute Gasteiger partial charge is 0.421 e. The van der Waals surface area contributed by atoms with Gasteiger partial charge in [-0.1, -0.05) is 13.5 Å². The Bertz CT molecular complexity index is 738. The van der Waals surface area contributed by atoms with Gasteiger partial charge in [0.25, 0.3) is 0 Å². The van der Waals surface area contributed by atoms with Gasteiger partial charge < -0.3 is 4.13 Å². The van der Waals surface area contributed by atoms with Crippen LogP contribution in [0.3, 0.4) is 0 Å². The number of halogens is 6. The van der Waals surface area contributed by atoms with Crippen LogP contribution in [0.25, 0.3) is 10.3 Å². The first kappa shape index (κ1) is 23.4. The van der Waals surface area contributed by atoms with Crippen LogP contribution >= 0.6 is 0 Å². The van der Waals surface area contributed by atoms with Gasteiger partial charge in [-0.25, -0.2) is 26.0 Å². The Kier molecular flexibility index (Phi) is 7.65. The molecule has 0 spiro atoms. The van der Waals surface area contributed by atoms with E-state index >= 15 is 0 Å². The van der Waals surface area contributed by atoms with Gasteiger partial charge in [-0.15, -0.1) is 0 Å². The molecule has 0 fully saturated rings. The second kappa shape index (κ2) is 8.18. The molecule has 1 heterocycles. The summed E-state index contributed by atoms with van der Waals surface area (Å²) >= 11 is 0. The first-order valence-corrected chi connectivity index (χ1v) is 9.01. The van der Waals surface area contributed by atoms with Gasteiger partial charge in [0.15, 0.2) is 20.0 Å². The van der Waals surface area contributed by atoms with Crippen molar-refractivity contribution >= 4 is 26.2 Å². The van der Waals surface area contributed by atoms with Gasteiger partial charge in [-0.05, 0) is 6.42 Å². The molecule has 0 atom stereocenters. The lowest BCUT2D eigenvalue weighted by Crippen LogP contribution is -2.30. The number of aryl methyl sites for hydroxylation is 1. The molecule has 1 aromatic heterocycles. The van der Waals surface area contributed by atoms with Crippen LogP contribution in [0.2, 0.25) is 0 Å². The third-order valence-electron chi connectivity index (χ3n) is 2.19. The standard InChI is InChI=1S/C8H13N2.C2F6NO4S2/c1-3-5-10-7-6-9(4-2)8-10;3-1(4,5)14(10,11)9-15(12,13)2(6,7)8/h4,6-8H,2-3,5H2,1H3;/q+1;-1. The summed E-state index contributed by atoms with van der Waals surface area (Å²) < 4.78 is 113. The van der Waals surface area contributed by atoms with Crippen molar-refractivity contribution in [1.82, 2.24) is 4.57 Å². The summed E-state index contributed by atoms with van der Waals surface area (Å²) in [7, 11) is -13.4. The van der Waals surface area contributed by atoms with Crippen molar-refractivity contribution < 1.29 is 47.7 Å². The van der Waals surface area contributed by atoms with Gasteiger partial charge in [0, 0.05) is 0 Å². The average molecular weight is 417 g/mol. The number of nitrogens with zero attached hydrogens (tertiary/aromatic N) is 3. The lowest BCUT2D eigenvalue weighted by Gasteiger charge is -2.22. The van der Waals surface area contributed by atoms with Crippen LogP contribution in [0.1, 0.15) is 13.3 Å². The maximum Gasteiger partial charge on any atom is 0.480 e. The van der Waals surface area contributed by atoms with E-state index in [-0.39, 0.29) is 0 Å². The van der Waals surface area contributed by atoms with Crippen LogP contribution in [0.4, 0.5) is 26.3 Å². The maximum absolute atomic E-state index is 11.4. The van der Waals surface area contributed by atoms with Gasteiger partial charge in [0.2, 0.25) is 6.33 Å². The van der Waals surface area contributed by atoms with E-state index in [1.807, 2.05) is 23.3 Å². The molecule has 1 rings (SSSR count). The number of aromatic nitrogens is 2. The van der Waals surface area contributed by atoms with Crippen molar-refractivity contribution in [3.63, 3.8) is 0 Å². The molecule has 1 aromatic rings. The molecule has 0 saturated heterocycles. The van der Waals surface area contributed by atoms with Crippen LogP contribution < -0.4 is 4.57 Å². The average Bonchev–Trinajstić information content (AvgIpc) is 2.84. The molecule has 0 saturated carbocycles. The van der Waals surface area contributed by atoms with E-state index in [0.29, 0.717) is 0 Å². The van der Waals surface area contributed by atoms with Crippen LogP contribution in [0.5, 0.6) is 0 Å². The minimum Gasteiger partial charge on any atom is -0.421 e. The molecule has 0 aliphatic heterocycles. The summed E-state index contributed by atoms with van der Waals surface area (Å²) in [6.07, 6.45) is 9.02. The van der Waals surface area contributed by atoms with E-state index in [1.165, 1.54) is 6.42 Å². The SMILES string of the molecule is C=Cn1cc[n+](CCC)c1.O=S(=O)([N-]S(=O)(=O)C(F)(F)F)C(F)(F)F. The lowest BCUT2D eigenvalue weighted by atomic mass is 10.5. The second-order valence-electron chi connectivity index (χ2n) is 4.20. The zero-order valence-electron chi connectivity index (χ0n) is 12.5. The third-order valence-corrected chi connectivity index (χ3v) is 4.93. The molecule has 0 aliphatic carbocycles. The van der Waals surface area contributed by atoms with Crippen LogP contribution in [-0.2, 0) is 26.6 Å². The molecule has 146 valence electrons. The zero-order valence-corrected chi connectivity index (χ0v) is 14.1. The second-order valence-corrected chi connectivity index (χ2v) is 7.62. The predicted molar refractivity (Wildman–Crippen MR) is 74.6 cm³/mol. The highest BCUT2D eigenvalue weighted by Gasteiger charge is 2.46. The Balaban J connectivity index is 0.000000496. The Hall–Kier alpha value is -1.61. The Morgan fingerprint density at radius 3 is 1.80 bits per heavy atom. The fourth-order valence-corrected chi connectivity index (χ4v) is 2.83. The highest BCUT2D eigenvalue weighted by Crippen LogP contribution is 2.36. The molecule has 0 aliphatic rings. The van der Waals surface area contributed by atoms with Crippen molar-refractivity contribution in [1.29, 1.82) is 0 Å². The largest absolute Gasteiger partial charge is 0.480 e. The Labute approximate surface area is 139 Å². The third kappa shape index (κ3) is 7.03. The molecule has 0 amide bonds. The van der Waals surface area contributed by atoms with Crippen molar-refractivity contribution in [2.45, 2.75) is 30.9 Å². The van der Waals surface area contributed by atoms with Gasteiger partial charge >= 0.3 is 11.0 Å². The molecule has 0 unspecified atom stereocenters. The summed E-state index contributed by atoms with van der Waals surface area (Å²) in [5, 5.41) is 0. The summed E-state index contributed by atoms with van der Waals surface area (Å²) in [5.41, 5.74) is -12.4. The number of alkyl halides is 6. The van der Waals surface area contributed by atoms with Gasteiger partial charge in [-0.2, -0.15) is 26.3 Å². The fraction of sp³-hybridized carbons (Fsp3) is 0.500. The van der Waals surface area contributed by atoms with Gasteiger partial charge in [0.05, 0.1) is 12.7 Å². The van der Waals surface area contributed by atoms with E-state index in [9.17, 15) is 43.2 Å². The highest BCUT2D eigenvalue weighted by molar-refractivity contribution is 8.13. The number of hydrogen-bond donors (Lipinski definition) is 0. The van der Waals surface area contributed by atoms with Gasteiger partial charge in [0.1, 0.15) is 12.4 Å². The van der Waals surface area contributed by atoms with E-state index < -0.39 is 31.1 Å². The molecular formula is C10H13F6N3O4S2. The molecular weight excluding hydrogens is 404 g/mol. The fourth-order valence-electron chi connectivity index (χ4n) is 1.12. The topological polar surface area (TPSA) is 91.2 Å². The molecule has 0 radical (unpaired) electrons. The van der Waals surface area contributed by atoms with Crippen LogP contribution in [0, 0.1) is 0 Å². The van der Waals surface area contributed by atoms with E-state index in [1.54, 1.807) is 6.20 Å². The van der Waals surface area contributed by atoms with Gasteiger partial charge in [-0.3, -0.25) is 0 Å². The Morgan fingerprint density at radius 1 is 1.08 bits per heavy atom. The quantitative estimate of drug-likeness (QED) is 0.543. The summed E-state index contributed by atoms with van der Waals surface area (Å²) in [6, 6.07) is 0.